The van der Waals surface area contributed by atoms with Crippen LogP contribution in [0.4, 0.5) is 5.69 Å². The molecule has 1 saturated heterocycles. The van der Waals surface area contributed by atoms with Crippen molar-refractivity contribution in [2.45, 2.75) is 6.92 Å². The van der Waals surface area contributed by atoms with E-state index in [1.807, 2.05) is 64.9 Å². The van der Waals surface area contributed by atoms with Crippen molar-refractivity contribution in [3.63, 3.8) is 0 Å². The fourth-order valence-corrected chi connectivity index (χ4v) is 5.24. The monoisotopic (exact) mass is 462 g/mol. The molecule has 1 aliphatic rings. The van der Waals surface area contributed by atoms with Crippen molar-refractivity contribution in [3.8, 4) is 22.8 Å². The highest BCUT2D eigenvalue weighted by atomic mass is 32.1. The number of hydrogen-bond donors (Lipinski definition) is 0. The van der Waals surface area contributed by atoms with Gasteiger partial charge >= 0.3 is 0 Å². The summed E-state index contributed by atoms with van der Waals surface area (Å²) in [5.41, 5.74) is 3.96. The van der Waals surface area contributed by atoms with Gasteiger partial charge in [-0.15, -0.1) is 0 Å². The zero-order valence-electron chi connectivity index (χ0n) is 18.9. The Balaban J connectivity index is 1.30. The molecule has 0 bridgehead atoms. The van der Waals surface area contributed by atoms with Gasteiger partial charge in [0.15, 0.2) is 4.96 Å². The summed E-state index contributed by atoms with van der Waals surface area (Å²) in [6, 6.07) is 15.9. The van der Waals surface area contributed by atoms with E-state index in [1.54, 1.807) is 14.2 Å². The van der Waals surface area contributed by atoms with E-state index in [-0.39, 0.29) is 5.91 Å². The standard InChI is InChI=1S/C25H26N4O3S/c1-17-23(33-25-26-22(16-29(17)25)18-7-9-20(31-2)10-8-18)24(30)28-13-11-27(12-14-28)19-5-4-6-21(15-19)32-3/h4-10,15-16H,11-14H2,1-3H3. The van der Waals surface area contributed by atoms with Gasteiger partial charge in [0.2, 0.25) is 0 Å². The molecule has 0 radical (unpaired) electrons. The minimum Gasteiger partial charge on any atom is -0.497 e. The first-order chi connectivity index (χ1) is 16.1. The predicted molar refractivity (Wildman–Crippen MR) is 131 cm³/mol. The number of imidazole rings is 1. The third-order valence-corrected chi connectivity index (χ3v) is 7.27. The Bertz CT molecular complexity index is 1290. The number of aromatic nitrogens is 2. The summed E-state index contributed by atoms with van der Waals surface area (Å²) in [5.74, 6) is 1.74. The molecule has 4 aromatic rings. The smallest absolute Gasteiger partial charge is 0.265 e. The summed E-state index contributed by atoms with van der Waals surface area (Å²) < 4.78 is 12.6. The first kappa shape index (κ1) is 21.3. The zero-order valence-corrected chi connectivity index (χ0v) is 19.8. The number of carbonyl (C=O) groups excluding carboxylic acids is 1. The minimum absolute atomic E-state index is 0.0827. The van der Waals surface area contributed by atoms with Crippen molar-refractivity contribution in [1.82, 2.24) is 14.3 Å². The van der Waals surface area contributed by atoms with E-state index in [1.165, 1.54) is 11.3 Å². The fourth-order valence-electron chi connectivity index (χ4n) is 4.17. The van der Waals surface area contributed by atoms with Gasteiger partial charge in [-0.2, -0.15) is 0 Å². The lowest BCUT2D eigenvalue weighted by atomic mass is 10.2. The Morgan fingerprint density at radius 3 is 2.36 bits per heavy atom. The Hall–Kier alpha value is -3.52. The predicted octanol–water partition coefficient (Wildman–Crippen LogP) is 4.35. The average molecular weight is 463 g/mol. The fraction of sp³-hybridized carbons (Fsp3) is 0.280. The summed E-state index contributed by atoms with van der Waals surface area (Å²) >= 11 is 1.46. The van der Waals surface area contributed by atoms with Crippen molar-refractivity contribution in [2.24, 2.45) is 0 Å². The van der Waals surface area contributed by atoms with Crippen LogP contribution >= 0.6 is 11.3 Å². The number of piperazine rings is 1. The first-order valence-electron chi connectivity index (χ1n) is 10.9. The number of thiazole rings is 1. The van der Waals surface area contributed by atoms with Gasteiger partial charge in [0.25, 0.3) is 5.91 Å². The summed E-state index contributed by atoms with van der Waals surface area (Å²) in [5, 5.41) is 0. The first-order valence-corrected chi connectivity index (χ1v) is 11.7. The molecule has 5 rings (SSSR count). The molecule has 0 N–H and O–H groups in total. The van der Waals surface area contributed by atoms with Crippen molar-refractivity contribution >= 4 is 27.9 Å². The third kappa shape index (κ3) is 4.02. The molecule has 7 nitrogen and oxygen atoms in total. The van der Waals surface area contributed by atoms with Crippen LogP contribution < -0.4 is 14.4 Å². The molecular weight excluding hydrogens is 436 g/mol. The van der Waals surface area contributed by atoms with Gasteiger partial charge in [0, 0.05) is 55.4 Å². The van der Waals surface area contributed by atoms with Crippen molar-refractivity contribution in [1.29, 1.82) is 0 Å². The second kappa shape index (κ2) is 8.78. The van der Waals surface area contributed by atoms with Crippen LogP contribution in [0.3, 0.4) is 0 Å². The summed E-state index contributed by atoms with van der Waals surface area (Å²) in [6.45, 7) is 4.95. The zero-order chi connectivity index (χ0) is 22.9. The topological polar surface area (TPSA) is 59.3 Å². The van der Waals surface area contributed by atoms with E-state index in [2.05, 4.69) is 11.0 Å². The summed E-state index contributed by atoms with van der Waals surface area (Å²) in [4.78, 5) is 23.9. The highest BCUT2D eigenvalue weighted by Crippen LogP contribution is 2.29. The van der Waals surface area contributed by atoms with Gasteiger partial charge in [-0.1, -0.05) is 17.4 Å². The van der Waals surface area contributed by atoms with E-state index < -0.39 is 0 Å². The number of methoxy groups -OCH3 is 2. The molecule has 0 spiro atoms. The second-order valence-corrected chi connectivity index (χ2v) is 8.98. The van der Waals surface area contributed by atoms with Gasteiger partial charge < -0.3 is 19.3 Å². The Kier molecular flexibility index (Phi) is 5.68. The van der Waals surface area contributed by atoms with Crippen LogP contribution in [0.25, 0.3) is 16.2 Å². The van der Waals surface area contributed by atoms with Crippen molar-refractivity contribution < 1.29 is 14.3 Å². The Morgan fingerprint density at radius 1 is 0.970 bits per heavy atom. The summed E-state index contributed by atoms with van der Waals surface area (Å²) in [6.07, 6.45) is 2.00. The molecule has 33 heavy (non-hydrogen) atoms. The number of ether oxygens (including phenoxy) is 2. The lowest BCUT2D eigenvalue weighted by molar-refractivity contribution is 0.0750. The number of rotatable bonds is 5. The summed E-state index contributed by atoms with van der Waals surface area (Å²) in [7, 11) is 3.33. The van der Waals surface area contributed by atoms with Gasteiger partial charge in [0.1, 0.15) is 16.4 Å². The number of nitrogens with zero attached hydrogens (tertiary/aromatic N) is 4. The number of hydrogen-bond acceptors (Lipinski definition) is 6. The average Bonchev–Trinajstić information content (AvgIpc) is 3.43. The molecule has 0 aliphatic carbocycles. The lowest BCUT2D eigenvalue weighted by Crippen LogP contribution is -2.48. The van der Waals surface area contributed by atoms with E-state index in [9.17, 15) is 4.79 Å². The molecule has 8 heteroatoms. The van der Waals surface area contributed by atoms with Crippen LogP contribution in [0.2, 0.25) is 0 Å². The highest BCUT2D eigenvalue weighted by Gasteiger charge is 2.26. The normalized spacial score (nSPS) is 14.0. The van der Waals surface area contributed by atoms with Crippen molar-refractivity contribution in [3.05, 3.63) is 65.3 Å². The molecule has 2 aromatic carbocycles. The van der Waals surface area contributed by atoms with Crippen LogP contribution in [0.5, 0.6) is 11.5 Å². The number of anilines is 1. The number of aryl methyl sites for hydroxylation is 1. The third-order valence-electron chi connectivity index (χ3n) is 6.12. The SMILES string of the molecule is COc1ccc(-c2cn3c(C)c(C(=O)N4CCN(c5cccc(OC)c5)CC4)sc3n2)cc1. The number of fused-ring (bicyclic) bond motifs is 1. The molecule has 0 saturated carbocycles. The molecule has 2 aromatic heterocycles. The number of amides is 1. The Labute approximate surface area is 196 Å². The molecule has 3 heterocycles. The van der Waals surface area contributed by atoms with Gasteiger partial charge in [-0.3, -0.25) is 9.20 Å². The second-order valence-electron chi connectivity index (χ2n) is 8.00. The molecule has 1 aliphatic heterocycles. The van der Waals surface area contributed by atoms with Crippen LogP contribution in [0.15, 0.2) is 54.7 Å². The molecule has 0 atom stereocenters. The van der Waals surface area contributed by atoms with E-state index in [0.29, 0.717) is 13.1 Å². The number of carbonyl (C=O) groups is 1. The van der Waals surface area contributed by atoms with E-state index in [0.717, 1.165) is 57.1 Å². The highest BCUT2D eigenvalue weighted by molar-refractivity contribution is 7.19. The van der Waals surface area contributed by atoms with Crippen LogP contribution in [0.1, 0.15) is 15.4 Å². The maximum Gasteiger partial charge on any atom is 0.265 e. The largest absolute Gasteiger partial charge is 0.497 e. The quantitative estimate of drug-likeness (QED) is 0.441. The lowest BCUT2D eigenvalue weighted by Gasteiger charge is -2.36. The molecule has 0 unspecified atom stereocenters. The van der Waals surface area contributed by atoms with Gasteiger partial charge in [0.05, 0.1) is 19.9 Å². The maximum atomic E-state index is 13.3. The molecule has 170 valence electrons. The molecular formula is C25H26N4O3S. The van der Waals surface area contributed by atoms with E-state index >= 15 is 0 Å². The van der Waals surface area contributed by atoms with Crippen LogP contribution in [0, 0.1) is 6.92 Å². The molecule has 1 fully saturated rings. The van der Waals surface area contributed by atoms with Crippen LogP contribution in [-0.4, -0.2) is 60.6 Å². The maximum absolute atomic E-state index is 13.3. The van der Waals surface area contributed by atoms with E-state index in [4.69, 9.17) is 14.5 Å². The van der Waals surface area contributed by atoms with Crippen LogP contribution in [-0.2, 0) is 0 Å². The van der Waals surface area contributed by atoms with Gasteiger partial charge in [-0.05, 0) is 43.3 Å². The number of benzene rings is 2. The molecule has 1 amide bonds. The van der Waals surface area contributed by atoms with Gasteiger partial charge in [-0.25, -0.2) is 4.98 Å². The van der Waals surface area contributed by atoms with Crippen molar-refractivity contribution in [2.75, 3.05) is 45.3 Å². The minimum atomic E-state index is 0.0827. The Morgan fingerprint density at radius 2 is 1.70 bits per heavy atom.